The minimum atomic E-state index is -0.856. The zero-order chi connectivity index (χ0) is 26.4. The predicted octanol–water partition coefficient (Wildman–Crippen LogP) is 5.97. The van der Waals surface area contributed by atoms with E-state index in [1.54, 1.807) is 0 Å². The van der Waals surface area contributed by atoms with E-state index in [2.05, 4.69) is 34.6 Å². The van der Waals surface area contributed by atoms with Crippen LogP contribution in [0.4, 0.5) is 0 Å². The van der Waals surface area contributed by atoms with Crippen molar-refractivity contribution in [3.8, 4) is 0 Å². The first-order valence-electron chi connectivity index (χ1n) is 15.1. The number of aliphatic hydroxyl groups excluding tert-OH is 2. The van der Waals surface area contributed by atoms with Crippen molar-refractivity contribution in [3.05, 3.63) is 0 Å². The molecule has 0 aromatic heterocycles. The van der Waals surface area contributed by atoms with Crippen LogP contribution >= 0.6 is 0 Å². The fourth-order valence-corrected chi connectivity index (χ4v) is 10.9. The van der Waals surface area contributed by atoms with Crippen LogP contribution < -0.4 is 0 Å². The van der Waals surface area contributed by atoms with Gasteiger partial charge in [0.2, 0.25) is 0 Å². The third-order valence-corrected chi connectivity index (χ3v) is 12.4. The van der Waals surface area contributed by atoms with Crippen LogP contribution in [-0.4, -0.2) is 50.6 Å². The molecule has 0 aromatic carbocycles. The Labute approximate surface area is 219 Å². The van der Waals surface area contributed by atoms with Gasteiger partial charge < -0.3 is 24.8 Å². The number of rotatable bonds is 6. The van der Waals surface area contributed by atoms with Crippen molar-refractivity contribution < 1.29 is 24.8 Å². The van der Waals surface area contributed by atoms with Gasteiger partial charge in [-0.15, -0.1) is 0 Å². The molecule has 5 aliphatic rings. The summed E-state index contributed by atoms with van der Waals surface area (Å²) in [6.07, 6.45) is 11.5. The van der Waals surface area contributed by atoms with E-state index >= 15 is 0 Å². The van der Waals surface area contributed by atoms with Crippen LogP contribution in [0.15, 0.2) is 0 Å². The maximum absolute atomic E-state index is 11.8. The lowest BCUT2D eigenvalue weighted by Gasteiger charge is -2.56. The molecule has 2 spiro atoms. The molecule has 0 bridgehead atoms. The molecule has 36 heavy (non-hydrogen) atoms. The third-order valence-electron chi connectivity index (χ3n) is 12.4. The average molecular weight is 507 g/mol. The molecule has 3 N–H and O–H groups in total. The Hall–Kier alpha value is -0.200. The number of hydrogen-bond donors (Lipinski definition) is 3. The summed E-state index contributed by atoms with van der Waals surface area (Å²) in [6.45, 7) is 14.9. The van der Waals surface area contributed by atoms with Gasteiger partial charge in [-0.1, -0.05) is 20.3 Å². The van der Waals surface area contributed by atoms with Crippen LogP contribution in [0.5, 0.6) is 0 Å². The normalized spacial score (nSPS) is 49.8. The van der Waals surface area contributed by atoms with Crippen LogP contribution in [0.25, 0.3) is 0 Å². The Morgan fingerprint density at radius 2 is 1.56 bits per heavy atom. The maximum Gasteiger partial charge on any atom is 0.155 e. The van der Waals surface area contributed by atoms with Gasteiger partial charge >= 0.3 is 0 Å². The second-order valence-electron chi connectivity index (χ2n) is 15.3. The Balaban J connectivity index is 1.36. The topological polar surface area (TPSA) is 79.2 Å². The summed E-state index contributed by atoms with van der Waals surface area (Å²) in [7, 11) is 0. The molecule has 0 aromatic rings. The second-order valence-corrected chi connectivity index (χ2v) is 15.3. The average Bonchev–Trinajstić information content (AvgIpc) is 3.27. The number of ether oxygens (including phenoxy) is 2. The van der Waals surface area contributed by atoms with E-state index in [4.69, 9.17) is 9.47 Å². The molecule has 5 nitrogen and oxygen atoms in total. The lowest BCUT2D eigenvalue weighted by atomic mass is 9.49. The first-order valence-corrected chi connectivity index (χ1v) is 15.1. The van der Waals surface area contributed by atoms with Gasteiger partial charge in [0.1, 0.15) is 0 Å². The molecule has 5 rings (SSSR count). The summed E-state index contributed by atoms with van der Waals surface area (Å²) < 4.78 is 12.7. The molecule has 2 heterocycles. The third kappa shape index (κ3) is 4.05. The summed E-state index contributed by atoms with van der Waals surface area (Å²) >= 11 is 0. The zero-order valence-electron chi connectivity index (χ0n) is 24.1. The van der Waals surface area contributed by atoms with Crippen LogP contribution in [0.2, 0.25) is 0 Å². The van der Waals surface area contributed by atoms with Crippen molar-refractivity contribution in [1.82, 2.24) is 0 Å². The van der Waals surface area contributed by atoms with Crippen molar-refractivity contribution in [2.45, 2.75) is 161 Å². The molecule has 2 saturated heterocycles. The number of hydrogen-bond acceptors (Lipinski definition) is 5. The Morgan fingerprint density at radius 1 is 0.889 bits per heavy atom. The minimum absolute atomic E-state index is 0.0735. The van der Waals surface area contributed by atoms with Crippen molar-refractivity contribution in [3.63, 3.8) is 0 Å². The predicted molar refractivity (Wildman–Crippen MR) is 141 cm³/mol. The molecule has 208 valence electrons. The summed E-state index contributed by atoms with van der Waals surface area (Å²) in [5.41, 5.74) is -0.746. The standard InChI is InChI=1S/C31H54O5/c1-8-20(29(7)16-12-24(35-29)26(2,3)34)21(32)18-28(6)14-9-15-30-19-31(30)17-13-25(33)36-27(4,5)22(31)10-11-23(28)30/h20-25,32-34H,8-19H2,1-7H3/t20-,21+,22?,23?,24+,25?,28+,29-,30+,31-/m1/s1. The Bertz CT molecular complexity index is 835. The second kappa shape index (κ2) is 8.65. The molecule has 0 radical (unpaired) electrons. The highest BCUT2D eigenvalue weighted by Crippen LogP contribution is 2.84. The summed E-state index contributed by atoms with van der Waals surface area (Å²) in [5, 5.41) is 32.9. The van der Waals surface area contributed by atoms with E-state index in [9.17, 15) is 15.3 Å². The van der Waals surface area contributed by atoms with E-state index in [-0.39, 0.29) is 23.0 Å². The molecule has 0 amide bonds. The van der Waals surface area contributed by atoms with E-state index in [0.717, 1.165) is 38.5 Å². The fourth-order valence-electron chi connectivity index (χ4n) is 10.9. The van der Waals surface area contributed by atoms with Crippen LogP contribution in [0.1, 0.15) is 126 Å². The minimum Gasteiger partial charge on any atom is -0.393 e. The van der Waals surface area contributed by atoms with Crippen LogP contribution in [0.3, 0.4) is 0 Å². The Kier molecular flexibility index (Phi) is 6.58. The largest absolute Gasteiger partial charge is 0.393 e. The van der Waals surface area contributed by atoms with Crippen molar-refractivity contribution >= 4 is 0 Å². The summed E-state index contributed by atoms with van der Waals surface area (Å²) in [4.78, 5) is 0. The van der Waals surface area contributed by atoms with Crippen molar-refractivity contribution in [2.24, 2.45) is 34.0 Å². The van der Waals surface area contributed by atoms with Gasteiger partial charge in [-0.05, 0) is 133 Å². The first kappa shape index (κ1) is 27.4. The summed E-state index contributed by atoms with van der Waals surface area (Å²) in [6, 6.07) is 0. The smallest absolute Gasteiger partial charge is 0.155 e. The van der Waals surface area contributed by atoms with Gasteiger partial charge in [0.05, 0.1) is 29.0 Å². The molecule has 3 saturated carbocycles. The molecule has 3 aliphatic carbocycles. The number of aliphatic hydroxyl groups is 3. The monoisotopic (exact) mass is 506 g/mol. The lowest BCUT2D eigenvalue weighted by molar-refractivity contribution is -0.196. The highest BCUT2D eigenvalue weighted by atomic mass is 16.6. The van der Waals surface area contributed by atoms with E-state index in [1.807, 2.05) is 13.8 Å². The highest BCUT2D eigenvalue weighted by molar-refractivity contribution is 5.27. The lowest BCUT2D eigenvalue weighted by Crippen LogP contribution is -2.52. The van der Waals surface area contributed by atoms with Gasteiger partial charge in [0.25, 0.3) is 0 Å². The molecule has 3 unspecified atom stereocenters. The molecule has 5 heteroatoms. The van der Waals surface area contributed by atoms with Crippen LogP contribution in [-0.2, 0) is 9.47 Å². The molecular weight excluding hydrogens is 452 g/mol. The van der Waals surface area contributed by atoms with Crippen molar-refractivity contribution in [2.75, 3.05) is 0 Å². The van der Waals surface area contributed by atoms with E-state index in [1.165, 1.54) is 38.5 Å². The summed E-state index contributed by atoms with van der Waals surface area (Å²) in [5.74, 6) is 1.22. The Morgan fingerprint density at radius 3 is 2.19 bits per heavy atom. The van der Waals surface area contributed by atoms with Gasteiger partial charge in [0.15, 0.2) is 6.29 Å². The molecular formula is C31H54O5. The molecule has 2 aliphatic heterocycles. The van der Waals surface area contributed by atoms with E-state index < -0.39 is 23.6 Å². The molecule has 10 atom stereocenters. The quantitative estimate of drug-likeness (QED) is 0.413. The fraction of sp³-hybridized carbons (Fsp3) is 1.00. The van der Waals surface area contributed by atoms with Gasteiger partial charge in [-0.2, -0.15) is 0 Å². The van der Waals surface area contributed by atoms with E-state index in [0.29, 0.717) is 22.7 Å². The maximum atomic E-state index is 11.8. The van der Waals surface area contributed by atoms with Crippen molar-refractivity contribution in [1.29, 1.82) is 0 Å². The van der Waals surface area contributed by atoms with Gasteiger partial charge in [-0.3, -0.25) is 0 Å². The highest BCUT2D eigenvalue weighted by Gasteiger charge is 2.78. The molecule has 5 fully saturated rings. The van der Waals surface area contributed by atoms with Gasteiger partial charge in [-0.25, -0.2) is 0 Å². The zero-order valence-corrected chi connectivity index (χ0v) is 24.1. The first-order chi connectivity index (χ1) is 16.6. The van der Waals surface area contributed by atoms with Crippen LogP contribution in [0, 0.1) is 34.0 Å². The van der Waals surface area contributed by atoms with Gasteiger partial charge in [0, 0.05) is 5.92 Å². The SMILES string of the molecule is CC[C@H]([C@@H](O)C[C@]1(C)CCC[C@@]23C[C@@]24CCC(O)OC(C)(C)C4CCC13)[C@@]1(C)CC[C@@H](C(C)(C)O)O1.